The van der Waals surface area contributed by atoms with E-state index in [1.807, 2.05) is 30.3 Å². The van der Waals surface area contributed by atoms with Crippen molar-refractivity contribution in [1.82, 2.24) is 10.0 Å². The molecular weight excluding hydrogens is 485 g/mol. The largest absolute Gasteiger partial charge is 0.477 e. The van der Waals surface area contributed by atoms with E-state index in [4.69, 9.17) is 4.74 Å². The van der Waals surface area contributed by atoms with Gasteiger partial charge in [0.1, 0.15) is 11.6 Å². The first kappa shape index (κ1) is 25.3. The summed E-state index contributed by atoms with van der Waals surface area (Å²) in [6, 6.07) is 20.6. The van der Waals surface area contributed by atoms with Gasteiger partial charge in [-0.25, -0.2) is 17.5 Å². The van der Waals surface area contributed by atoms with Crippen LogP contribution in [0.5, 0.6) is 5.75 Å². The van der Waals surface area contributed by atoms with Crippen molar-refractivity contribution >= 4 is 27.5 Å². The second-order valence-electron chi connectivity index (χ2n) is 8.48. The van der Waals surface area contributed by atoms with E-state index in [0.717, 1.165) is 11.8 Å². The van der Waals surface area contributed by atoms with Gasteiger partial charge in [-0.3, -0.25) is 9.59 Å². The molecule has 8 nitrogen and oxygen atoms in total. The van der Waals surface area contributed by atoms with Gasteiger partial charge >= 0.3 is 0 Å². The quantitative estimate of drug-likeness (QED) is 0.484. The molecule has 1 heterocycles. The van der Waals surface area contributed by atoms with Gasteiger partial charge in [0.2, 0.25) is 15.9 Å². The number of rotatable bonds is 8. The molecule has 0 aliphatic carbocycles. The van der Waals surface area contributed by atoms with Crippen LogP contribution in [0.1, 0.15) is 23.6 Å². The molecule has 4 rings (SSSR count). The van der Waals surface area contributed by atoms with E-state index in [1.54, 1.807) is 24.3 Å². The summed E-state index contributed by atoms with van der Waals surface area (Å²) in [5.74, 6) is -0.909. The van der Waals surface area contributed by atoms with Crippen LogP contribution in [0, 0.1) is 5.82 Å². The first-order chi connectivity index (χ1) is 17.2. The Morgan fingerprint density at radius 1 is 1.03 bits per heavy atom. The zero-order valence-electron chi connectivity index (χ0n) is 19.6. The Hall–Kier alpha value is -3.76. The topological polar surface area (TPSA) is 105 Å². The highest BCUT2D eigenvalue weighted by Gasteiger charge is 2.35. The minimum atomic E-state index is -3.68. The molecule has 1 aliphatic heterocycles. The van der Waals surface area contributed by atoms with E-state index in [-0.39, 0.29) is 18.9 Å². The summed E-state index contributed by atoms with van der Waals surface area (Å²) in [4.78, 5) is 27.8. The van der Waals surface area contributed by atoms with Crippen LogP contribution in [0.15, 0.2) is 78.9 Å². The number of carbonyl (C=O) groups excluding carboxylic acids is 2. The molecule has 188 valence electrons. The van der Waals surface area contributed by atoms with Crippen molar-refractivity contribution in [1.29, 1.82) is 0 Å². The van der Waals surface area contributed by atoms with Gasteiger partial charge in [0.25, 0.3) is 5.91 Å². The Bertz CT molecular complexity index is 1330. The first-order valence-electron chi connectivity index (χ1n) is 11.3. The molecule has 1 aliphatic rings. The molecule has 10 heteroatoms. The number of fused-ring (bicyclic) bond motifs is 1. The minimum absolute atomic E-state index is 0.0501. The van der Waals surface area contributed by atoms with Crippen molar-refractivity contribution < 1.29 is 27.1 Å². The van der Waals surface area contributed by atoms with E-state index in [2.05, 4.69) is 10.0 Å². The average molecular weight is 512 g/mol. The zero-order valence-corrected chi connectivity index (χ0v) is 20.4. The van der Waals surface area contributed by atoms with Crippen LogP contribution in [0.25, 0.3) is 0 Å². The van der Waals surface area contributed by atoms with Gasteiger partial charge in [-0.05, 0) is 35.4 Å². The van der Waals surface area contributed by atoms with E-state index in [1.165, 1.54) is 29.2 Å². The molecule has 3 aromatic rings. The highest BCUT2D eigenvalue weighted by Crippen LogP contribution is 2.34. The summed E-state index contributed by atoms with van der Waals surface area (Å²) in [6.45, 7) is 0.255. The van der Waals surface area contributed by atoms with Crippen molar-refractivity contribution in [2.24, 2.45) is 0 Å². The highest BCUT2D eigenvalue weighted by atomic mass is 32.2. The van der Waals surface area contributed by atoms with Crippen molar-refractivity contribution in [2.75, 3.05) is 17.7 Å². The molecule has 2 amide bonds. The molecule has 3 aromatic carbocycles. The normalized spacial score (nSPS) is 15.9. The number of benzene rings is 3. The van der Waals surface area contributed by atoms with Crippen LogP contribution >= 0.6 is 0 Å². The van der Waals surface area contributed by atoms with Crippen molar-refractivity contribution in [3.05, 3.63) is 95.8 Å². The standard InChI is InChI=1S/C26H26FN3O5S/c1-36(33,34)29-21(19-11-13-20(27)14-12-19)15-25(31)30-17-24(35-23-10-6-5-9-22(23)30)26(32)28-16-18-7-3-2-4-8-18/h2-14,21,24,29H,15-17H2,1H3,(H,28,32). The van der Waals surface area contributed by atoms with Crippen LogP contribution in [0.3, 0.4) is 0 Å². The summed E-state index contributed by atoms with van der Waals surface area (Å²) >= 11 is 0. The number of sulfonamides is 1. The number of anilines is 1. The summed E-state index contributed by atoms with van der Waals surface area (Å²) in [5.41, 5.74) is 1.84. The zero-order chi connectivity index (χ0) is 25.7. The molecule has 2 N–H and O–H groups in total. The van der Waals surface area contributed by atoms with Gasteiger partial charge in [0, 0.05) is 13.0 Å². The van der Waals surface area contributed by atoms with Crippen molar-refractivity contribution in [3.63, 3.8) is 0 Å². The second kappa shape index (κ2) is 10.9. The minimum Gasteiger partial charge on any atom is -0.477 e. The smallest absolute Gasteiger partial charge is 0.263 e. The van der Waals surface area contributed by atoms with Crippen molar-refractivity contribution in [3.8, 4) is 5.75 Å². The van der Waals surface area contributed by atoms with Crippen LogP contribution in [-0.2, 0) is 26.2 Å². The molecule has 36 heavy (non-hydrogen) atoms. The molecule has 2 atom stereocenters. The maximum atomic E-state index is 13.5. The fourth-order valence-electron chi connectivity index (χ4n) is 3.97. The van der Waals surface area contributed by atoms with Crippen LogP contribution in [-0.4, -0.2) is 39.1 Å². The lowest BCUT2D eigenvalue weighted by atomic mass is 10.0. The van der Waals surface area contributed by atoms with Gasteiger partial charge in [-0.15, -0.1) is 0 Å². The average Bonchev–Trinajstić information content (AvgIpc) is 2.86. The lowest BCUT2D eigenvalue weighted by molar-refractivity contribution is -0.128. The van der Waals surface area contributed by atoms with E-state index in [0.29, 0.717) is 23.5 Å². The fraction of sp³-hybridized carbons (Fsp3) is 0.231. The maximum absolute atomic E-state index is 13.5. The number of carbonyl (C=O) groups is 2. The highest BCUT2D eigenvalue weighted by molar-refractivity contribution is 7.88. The number of amides is 2. The number of halogens is 1. The van der Waals surface area contributed by atoms with Gasteiger partial charge in [0.15, 0.2) is 6.10 Å². The van der Waals surface area contributed by atoms with Gasteiger partial charge in [0.05, 0.1) is 24.5 Å². The second-order valence-corrected chi connectivity index (χ2v) is 10.3. The summed E-state index contributed by atoms with van der Waals surface area (Å²) in [5, 5.41) is 2.83. The first-order valence-corrected chi connectivity index (χ1v) is 13.2. The number of nitrogens with one attached hydrogen (secondary N) is 2. The fourth-order valence-corrected chi connectivity index (χ4v) is 4.71. The Labute approximate surface area is 209 Å². The van der Waals surface area contributed by atoms with Gasteiger partial charge in [-0.2, -0.15) is 0 Å². The lowest BCUT2D eigenvalue weighted by Gasteiger charge is -2.35. The van der Waals surface area contributed by atoms with Crippen LogP contribution in [0.2, 0.25) is 0 Å². The lowest BCUT2D eigenvalue weighted by Crippen LogP contribution is -2.51. The molecule has 0 saturated carbocycles. The monoisotopic (exact) mass is 511 g/mol. The Morgan fingerprint density at radius 2 is 1.69 bits per heavy atom. The summed E-state index contributed by atoms with van der Waals surface area (Å²) in [7, 11) is -3.68. The van der Waals surface area contributed by atoms with Crippen LogP contribution in [0.4, 0.5) is 10.1 Å². The molecule has 0 aromatic heterocycles. The van der Waals surface area contributed by atoms with E-state index in [9.17, 15) is 22.4 Å². The molecule has 0 fully saturated rings. The summed E-state index contributed by atoms with van der Waals surface area (Å²) in [6.07, 6.45) is -0.212. The third-order valence-electron chi connectivity index (χ3n) is 5.68. The Balaban J connectivity index is 1.54. The molecule has 2 unspecified atom stereocenters. The van der Waals surface area contributed by atoms with Gasteiger partial charge in [-0.1, -0.05) is 54.6 Å². The predicted octanol–water partition coefficient (Wildman–Crippen LogP) is 2.92. The van der Waals surface area contributed by atoms with Gasteiger partial charge < -0.3 is 15.0 Å². The number of para-hydroxylation sites is 2. The summed E-state index contributed by atoms with van der Waals surface area (Å²) < 4.78 is 45.7. The number of hydrogen-bond acceptors (Lipinski definition) is 5. The van der Waals surface area contributed by atoms with Crippen molar-refractivity contribution in [2.45, 2.75) is 25.1 Å². The van der Waals surface area contributed by atoms with Crippen LogP contribution < -0.4 is 19.7 Å². The third kappa shape index (κ3) is 6.46. The number of ether oxygens (including phenoxy) is 1. The molecular formula is C26H26FN3O5S. The third-order valence-corrected chi connectivity index (χ3v) is 6.40. The Kier molecular flexibility index (Phi) is 7.66. The maximum Gasteiger partial charge on any atom is 0.263 e. The molecule has 0 saturated heterocycles. The van der Waals surface area contributed by atoms with E-state index < -0.39 is 33.9 Å². The number of nitrogens with zero attached hydrogens (tertiary/aromatic N) is 1. The predicted molar refractivity (Wildman–Crippen MR) is 133 cm³/mol. The SMILES string of the molecule is CS(=O)(=O)NC(CC(=O)N1CC(C(=O)NCc2ccccc2)Oc2ccccc21)c1ccc(F)cc1. The molecule has 0 bridgehead atoms. The molecule has 0 spiro atoms. The number of hydrogen-bond donors (Lipinski definition) is 2. The van der Waals surface area contributed by atoms with E-state index >= 15 is 0 Å². The Morgan fingerprint density at radius 3 is 2.39 bits per heavy atom. The molecule has 0 radical (unpaired) electrons.